The largest absolute Gasteiger partial charge is 0.502 e. The Labute approximate surface area is 123 Å². The van der Waals surface area contributed by atoms with E-state index in [0.717, 1.165) is 10.2 Å². The van der Waals surface area contributed by atoms with Gasteiger partial charge >= 0.3 is 5.69 Å². The van der Waals surface area contributed by atoms with Crippen molar-refractivity contribution in [2.75, 3.05) is 0 Å². The molecule has 1 heterocycles. The molecule has 104 valence electrons. The van der Waals surface area contributed by atoms with Gasteiger partial charge in [0.05, 0.1) is 15.1 Å². The van der Waals surface area contributed by atoms with Crippen LogP contribution < -0.4 is 0 Å². The fraction of sp³-hybridized carbons (Fsp3) is 0. The van der Waals surface area contributed by atoms with Crippen molar-refractivity contribution in [1.29, 1.82) is 0 Å². The molecule has 1 aromatic heterocycles. The van der Waals surface area contributed by atoms with Gasteiger partial charge in [0.2, 0.25) is 10.9 Å². The average Bonchev–Trinajstić information content (AvgIpc) is 2.88. The summed E-state index contributed by atoms with van der Waals surface area (Å²) in [5.41, 5.74) is 0.782. The summed E-state index contributed by atoms with van der Waals surface area (Å²) in [6.45, 7) is 0. The molecule has 0 saturated heterocycles. The van der Waals surface area contributed by atoms with Crippen LogP contribution in [0.3, 0.4) is 0 Å². The van der Waals surface area contributed by atoms with Gasteiger partial charge in [0.25, 0.3) is 0 Å². The van der Waals surface area contributed by atoms with E-state index in [1.54, 1.807) is 6.07 Å². The summed E-state index contributed by atoms with van der Waals surface area (Å²) in [6, 6.07) is 11.9. The number of thiazole rings is 1. The summed E-state index contributed by atoms with van der Waals surface area (Å²) in [7, 11) is 0. The van der Waals surface area contributed by atoms with Crippen LogP contribution in [-0.2, 0) is 0 Å². The van der Waals surface area contributed by atoms with Gasteiger partial charge in [0, 0.05) is 17.8 Å². The van der Waals surface area contributed by atoms with E-state index in [1.807, 2.05) is 24.3 Å². The SMILES string of the molecule is O=[N+]([O-])c1cccc(/C=N/c2nc3ccccc3s2)c1O. The van der Waals surface area contributed by atoms with E-state index < -0.39 is 10.7 Å². The number of nitrogens with zero attached hydrogens (tertiary/aromatic N) is 3. The first-order valence-corrected chi connectivity index (χ1v) is 6.83. The van der Waals surface area contributed by atoms with Gasteiger partial charge in [-0.1, -0.05) is 29.5 Å². The number of nitro benzene ring substituents is 1. The molecule has 0 spiro atoms. The molecule has 0 saturated carbocycles. The summed E-state index contributed by atoms with van der Waals surface area (Å²) < 4.78 is 1.01. The van der Waals surface area contributed by atoms with Crippen LogP contribution in [0.15, 0.2) is 47.5 Å². The van der Waals surface area contributed by atoms with Gasteiger partial charge in [-0.15, -0.1) is 0 Å². The van der Waals surface area contributed by atoms with Crippen molar-refractivity contribution in [2.45, 2.75) is 0 Å². The van der Waals surface area contributed by atoms with Crippen LogP contribution in [-0.4, -0.2) is 21.2 Å². The number of benzene rings is 2. The van der Waals surface area contributed by atoms with Crippen LogP contribution in [0.25, 0.3) is 10.2 Å². The number of rotatable bonds is 3. The fourth-order valence-electron chi connectivity index (χ4n) is 1.84. The second-order valence-electron chi connectivity index (χ2n) is 4.19. The molecule has 6 nitrogen and oxygen atoms in total. The maximum atomic E-state index is 10.8. The van der Waals surface area contributed by atoms with Crippen molar-refractivity contribution in [1.82, 2.24) is 4.98 Å². The van der Waals surface area contributed by atoms with Gasteiger partial charge < -0.3 is 5.11 Å². The van der Waals surface area contributed by atoms with Crippen molar-refractivity contribution in [3.8, 4) is 5.75 Å². The van der Waals surface area contributed by atoms with E-state index in [9.17, 15) is 15.2 Å². The molecule has 0 aliphatic rings. The molecule has 2 aromatic carbocycles. The Morgan fingerprint density at radius 2 is 2.05 bits per heavy atom. The molecule has 0 aliphatic carbocycles. The highest BCUT2D eigenvalue weighted by Gasteiger charge is 2.15. The molecular weight excluding hydrogens is 290 g/mol. The zero-order chi connectivity index (χ0) is 14.8. The highest BCUT2D eigenvalue weighted by Crippen LogP contribution is 2.30. The number of aliphatic imine (C=N–C) groups is 1. The minimum Gasteiger partial charge on any atom is -0.502 e. The molecule has 0 fully saturated rings. The number of phenolic OH excluding ortho intramolecular Hbond substituents is 1. The van der Waals surface area contributed by atoms with E-state index in [4.69, 9.17) is 0 Å². The van der Waals surface area contributed by atoms with Crippen molar-refractivity contribution in [2.24, 2.45) is 4.99 Å². The molecule has 0 unspecified atom stereocenters. The Kier molecular flexibility index (Phi) is 3.33. The summed E-state index contributed by atoms with van der Waals surface area (Å²) >= 11 is 1.41. The molecule has 3 rings (SSSR count). The molecule has 0 radical (unpaired) electrons. The average molecular weight is 299 g/mol. The van der Waals surface area contributed by atoms with Crippen molar-refractivity contribution < 1.29 is 10.0 Å². The van der Waals surface area contributed by atoms with Gasteiger partial charge in [0.1, 0.15) is 0 Å². The molecular formula is C14H9N3O3S. The minimum absolute atomic E-state index is 0.281. The zero-order valence-corrected chi connectivity index (χ0v) is 11.4. The lowest BCUT2D eigenvalue weighted by atomic mass is 10.2. The van der Waals surface area contributed by atoms with E-state index in [0.29, 0.717) is 5.13 Å². The van der Waals surface area contributed by atoms with Crippen molar-refractivity contribution in [3.05, 3.63) is 58.1 Å². The molecule has 0 bridgehead atoms. The van der Waals surface area contributed by atoms with Crippen LogP contribution in [0.5, 0.6) is 5.75 Å². The summed E-state index contributed by atoms with van der Waals surface area (Å²) in [6.07, 6.45) is 1.38. The predicted molar refractivity (Wildman–Crippen MR) is 81.6 cm³/mol. The Balaban J connectivity index is 1.96. The zero-order valence-electron chi connectivity index (χ0n) is 10.6. The lowest BCUT2D eigenvalue weighted by Gasteiger charge is -1.98. The molecule has 21 heavy (non-hydrogen) atoms. The quantitative estimate of drug-likeness (QED) is 0.454. The number of aromatic nitrogens is 1. The third-order valence-electron chi connectivity index (χ3n) is 2.84. The van der Waals surface area contributed by atoms with Crippen LogP contribution in [0.1, 0.15) is 5.56 Å². The number of phenols is 1. The van der Waals surface area contributed by atoms with E-state index in [1.165, 1.54) is 29.7 Å². The molecule has 0 amide bonds. The standard InChI is InChI=1S/C14H9N3O3S/c18-13-9(4-3-6-11(13)17(19)20)8-15-14-16-10-5-1-2-7-12(10)21-14/h1-8,18H/b15-8+. The lowest BCUT2D eigenvalue weighted by Crippen LogP contribution is -1.91. The van der Waals surface area contributed by atoms with Gasteiger partial charge in [-0.05, 0) is 18.2 Å². The van der Waals surface area contributed by atoms with Crippen LogP contribution in [0.2, 0.25) is 0 Å². The summed E-state index contributed by atoms with van der Waals surface area (Å²) in [5, 5.41) is 21.1. The van der Waals surface area contributed by atoms with Gasteiger partial charge in [-0.2, -0.15) is 0 Å². The Hall–Kier alpha value is -2.80. The maximum Gasteiger partial charge on any atom is 0.311 e. The predicted octanol–water partition coefficient (Wildman–Crippen LogP) is 3.66. The van der Waals surface area contributed by atoms with E-state index in [-0.39, 0.29) is 11.3 Å². The number of para-hydroxylation sites is 2. The fourth-order valence-corrected chi connectivity index (χ4v) is 2.65. The van der Waals surface area contributed by atoms with Crippen LogP contribution in [0, 0.1) is 10.1 Å². The monoisotopic (exact) mass is 299 g/mol. The highest BCUT2D eigenvalue weighted by atomic mass is 32.1. The molecule has 1 N–H and O–H groups in total. The van der Waals surface area contributed by atoms with Gasteiger partial charge in [-0.25, -0.2) is 9.98 Å². The number of hydrogen-bond acceptors (Lipinski definition) is 6. The number of fused-ring (bicyclic) bond motifs is 1. The topological polar surface area (TPSA) is 88.6 Å². The maximum absolute atomic E-state index is 10.8. The molecule has 0 aliphatic heterocycles. The van der Waals surface area contributed by atoms with Crippen LogP contribution in [0.4, 0.5) is 10.8 Å². The third-order valence-corrected chi connectivity index (χ3v) is 3.78. The Bertz CT molecular complexity index is 825. The van der Waals surface area contributed by atoms with Crippen molar-refractivity contribution in [3.63, 3.8) is 0 Å². The first kappa shape index (κ1) is 13.2. The first-order valence-electron chi connectivity index (χ1n) is 6.01. The van der Waals surface area contributed by atoms with E-state index >= 15 is 0 Å². The third kappa shape index (κ3) is 2.59. The number of nitro groups is 1. The minimum atomic E-state index is -0.635. The number of aromatic hydroxyl groups is 1. The Morgan fingerprint density at radius 3 is 2.81 bits per heavy atom. The van der Waals surface area contributed by atoms with Crippen LogP contribution >= 0.6 is 11.3 Å². The second-order valence-corrected chi connectivity index (χ2v) is 5.20. The van der Waals surface area contributed by atoms with E-state index in [2.05, 4.69) is 9.98 Å². The summed E-state index contributed by atoms with van der Waals surface area (Å²) in [4.78, 5) is 18.6. The number of hydrogen-bond donors (Lipinski definition) is 1. The normalized spacial score (nSPS) is 11.2. The molecule has 0 atom stereocenters. The smallest absolute Gasteiger partial charge is 0.311 e. The van der Waals surface area contributed by atoms with Crippen molar-refractivity contribution >= 4 is 38.6 Å². The highest BCUT2D eigenvalue weighted by molar-refractivity contribution is 7.22. The van der Waals surface area contributed by atoms with Gasteiger partial charge in [0.15, 0.2) is 0 Å². The second kappa shape index (κ2) is 5.29. The Morgan fingerprint density at radius 1 is 1.24 bits per heavy atom. The van der Waals surface area contributed by atoms with Gasteiger partial charge in [-0.3, -0.25) is 10.1 Å². The first-order chi connectivity index (χ1) is 10.1. The lowest BCUT2D eigenvalue weighted by molar-refractivity contribution is -0.385. The molecule has 7 heteroatoms. The summed E-state index contributed by atoms with van der Waals surface area (Å²) in [5.74, 6) is -0.396. The molecule has 3 aromatic rings.